The van der Waals surface area contributed by atoms with Gasteiger partial charge in [0.05, 0.1) is 4.88 Å². The lowest BCUT2D eigenvalue weighted by Crippen LogP contribution is -2.16. The van der Waals surface area contributed by atoms with Crippen molar-refractivity contribution in [2.75, 3.05) is 5.32 Å². The van der Waals surface area contributed by atoms with E-state index in [4.69, 9.17) is 9.94 Å². The minimum absolute atomic E-state index is 0.482. The molecule has 0 aliphatic heterocycles. The van der Waals surface area contributed by atoms with Gasteiger partial charge in [-0.2, -0.15) is 0 Å². The van der Waals surface area contributed by atoms with Gasteiger partial charge in [0.2, 0.25) is 0 Å². The molecule has 1 heterocycles. The Morgan fingerprint density at radius 1 is 0.931 bits per heavy atom. The number of thiophene rings is 1. The quantitative estimate of drug-likeness (QED) is 0.292. The maximum absolute atomic E-state index is 11.6. The average molecular weight is 404 g/mol. The first kappa shape index (κ1) is 19.0. The van der Waals surface area contributed by atoms with Crippen LogP contribution in [0.2, 0.25) is 0 Å². The van der Waals surface area contributed by atoms with Gasteiger partial charge < -0.3 is 10.1 Å². The number of carbonyl (C=O) groups is 1. The van der Waals surface area contributed by atoms with Crippen LogP contribution in [0.3, 0.4) is 0 Å². The zero-order chi connectivity index (χ0) is 20.1. The number of fused-ring (bicyclic) bond motifs is 1. The minimum atomic E-state index is -0.488. The van der Waals surface area contributed by atoms with Gasteiger partial charge in [0.1, 0.15) is 12.4 Å². The van der Waals surface area contributed by atoms with Crippen LogP contribution in [-0.2, 0) is 13.2 Å². The number of anilines is 1. The standard InChI is InChI=1S/C23H20N2O3S/c26-23(25-27)22-12-18-11-17(9-10-21(18)29-22)14-24-19-7-4-8-20(13-19)28-15-16-5-2-1-3-6-16/h1-13,24,27H,14-15H2,(H,25,26). The van der Waals surface area contributed by atoms with E-state index in [9.17, 15) is 4.79 Å². The van der Waals surface area contributed by atoms with E-state index in [0.29, 0.717) is 18.0 Å². The van der Waals surface area contributed by atoms with E-state index in [2.05, 4.69) is 5.32 Å². The summed E-state index contributed by atoms with van der Waals surface area (Å²) in [4.78, 5) is 12.1. The maximum atomic E-state index is 11.6. The van der Waals surface area contributed by atoms with Gasteiger partial charge in [-0.3, -0.25) is 10.0 Å². The Labute approximate surface area is 172 Å². The Morgan fingerprint density at radius 3 is 2.62 bits per heavy atom. The Balaban J connectivity index is 1.40. The van der Waals surface area contributed by atoms with Gasteiger partial charge in [0.25, 0.3) is 5.91 Å². The van der Waals surface area contributed by atoms with E-state index in [1.165, 1.54) is 11.3 Å². The van der Waals surface area contributed by atoms with Crippen molar-refractivity contribution < 1.29 is 14.7 Å². The molecule has 0 radical (unpaired) electrons. The van der Waals surface area contributed by atoms with E-state index in [1.807, 2.05) is 72.8 Å². The molecule has 0 spiro atoms. The van der Waals surface area contributed by atoms with Crippen molar-refractivity contribution >= 4 is 33.0 Å². The molecule has 3 aromatic carbocycles. The van der Waals surface area contributed by atoms with Crippen molar-refractivity contribution in [1.29, 1.82) is 0 Å². The average Bonchev–Trinajstić information content (AvgIpc) is 3.20. The highest BCUT2D eigenvalue weighted by Gasteiger charge is 2.09. The van der Waals surface area contributed by atoms with E-state index in [1.54, 1.807) is 11.5 Å². The maximum Gasteiger partial charge on any atom is 0.284 e. The lowest BCUT2D eigenvalue weighted by molar-refractivity contribution is 0.0711. The molecular weight excluding hydrogens is 384 g/mol. The molecule has 5 nitrogen and oxygen atoms in total. The second kappa shape index (κ2) is 8.77. The molecule has 4 aromatic rings. The highest BCUT2D eigenvalue weighted by Crippen LogP contribution is 2.27. The van der Waals surface area contributed by atoms with Crippen molar-refractivity contribution in [3.05, 3.63) is 94.9 Å². The van der Waals surface area contributed by atoms with Crippen molar-refractivity contribution in [2.45, 2.75) is 13.2 Å². The molecule has 0 saturated carbocycles. The molecular formula is C23H20N2O3S. The fourth-order valence-corrected chi connectivity index (χ4v) is 3.94. The Kier molecular flexibility index (Phi) is 5.74. The van der Waals surface area contributed by atoms with E-state index in [-0.39, 0.29) is 0 Å². The zero-order valence-corrected chi connectivity index (χ0v) is 16.4. The topological polar surface area (TPSA) is 70.6 Å². The SMILES string of the molecule is O=C(NO)c1cc2cc(CNc3cccc(OCc4ccccc4)c3)ccc2s1. The van der Waals surface area contributed by atoms with Crippen LogP contribution in [0.1, 0.15) is 20.8 Å². The molecule has 29 heavy (non-hydrogen) atoms. The van der Waals surface area contributed by atoms with Crippen molar-refractivity contribution in [2.24, 2.45) is 0 Å². The van der Waals surface area contributed by atoms with Gasteiger partial charge in [-0.15, -0.1) is 11.3 Å². The van der Waals surface area contributed by atoms with Gasteiger partial charge in [-0.1, -0.05) is 42.5 Å². The number of benzene rings is 3. The fourth-order valence-electron chi connectivity index (χ4n) is 3.01. The first-order valence-electron chi connectivity index (χ1n) is 9.19. The Hall–Kier alpha value is -3.35. The van der Waals surface area contributed by atoms with Crippen LogP contribution in [0.5, 0.6) is 5.75 Å². The molecule has 0 aliphatic carbocycles. The summed E-state index contributed by atoms with van der Waals surface area (Å²) in [6, 6.07) is 25.8. The normalized spacial score (nSPS) is 10.7. The van der Waals surface area contributed by atoms with Gasteiger partial charge in [-0.05, 0) is 46.8 Å². The van der Waals surface area contributed by atoms with Crippen molar-refractivity contribution in [1.82, 2.24) is 5.48 Å². The third-order valence-electron chi connectivity index (χ3n) is 4.49. The lowest BCUT2D eigenvalue weighted by Gasteiger charge is -2.10. The van der Waals surface area contributed by atoms with Crippen LogP contribution in [0, 0.1) is 0 Å². The Morgan fingerprint density at radius 2 is 1.79 bits per heavy atom. The van der Waals surface area contributed by atoms with Gasteiger partial charge in [-0.25, -0.2) is 5.48 Å². The predicted molar refractivity (Wildman–Crippen MR) is 116 cm³/mol. The summed E-state index contributed by atoms with van der Waals surface area (Å²) in [6.07, 6.45) is 0. The number of ether oxygens (including phenoxy) is 1. The number of hydrogen-bond donors (Lipinski definition) is 3. The molecule has 0 bridgehead atoms. The summed E-state index contributed by atoms with van der Waals surface area (Å²) in [5.41, 5.74) is 4.88. The summed E-state index contributed by atoms with van der Waals surface area (Å²) >= 11 is 1.35. The van der Waals surface area contributed by atoms with Crippen LogP contribution in [-0.4, -0.2) is 11.1 Å². The summed E-state index contributed by atoms with van der Waals surface area (Å²) in [5, 5.41) is 13.2. The van der Waals surface area contributed by atoms with Crippen LogP contribution in [0.25, 0.3) is 10.1 Å². The first-order chi connectivity index (χ1) is 14.2. The van der Waals surface area contributed by atoms with Crippen LogP contribution in [0.4, 0.5) is 5.69 Å². The predicted octanol–water partition coefficient (Wildman–Crippen LogP) is 5.21. The summed E-state index contributed by atoms with van der Waals surface area (Å²) < 4.78 is 6.88. The molecule has 0 aliphatic rings. The molecule has 146 valence electrons. The van der Waals surface area contributed by atoms with Gasteiger partial charge >= 0.3 is 0 Å². The zero-order valence-electron chi connectivity index (χ0n) is 15.6. The number of amides is 1. The number of nitrogens with one attached hydrogen (secondary N) is 2. The van der Waals surface area contributed by atoms with E-state index >= 15 is 0 Å². The number of hydrogen-bond acceptors (Lipinski definition) is 5. The van der Waals surface area contributed by atoms with Gasteiger partial charge in [0.15, 0.2) is 0 Å². The third kappa shape index (κ3) is 4.74. The number of rotatable bonds is 7. The minimum Gasteiger partial charge on any atom is -0.489 e. The molecule has 0 saturated heterocycles. The summed E-state index contributed by atoms with van der Waals surface area (Å²) in [7, 11) is 0. The highest BCUT2D eigenvalue weighted by atomic mass is 32.1. The van der Waals surface area contributed by atoms with E-state index in [0.717, 1.165) is 32.6 Å². The summed E-state index contributed by atoms with van der Waals surface area (Å²) in [5.74, 6) is 0.324. The fraction of sp³-hybridized carbons (Fsp3) is 0.0870. The number of carbonyl (C=O) groups excluding carboxylic acids is 1. The Bertz CT molecular complexity index is 1130. The lowest BCUT2D eigenvalue weighted by atomic mass is 10.1. The second-order valence-corrected chi connectivity index (χ2v) is 7.66. The van der Waals surface area contributed by atoms with Crippen molar-refractivity contribution in [3.63, 3.8) is 0 Å². The highest BCUT2D eigenvalue weighted by molar-refractivity contribution is 7.20. The molecule has 3 N–H and O–H groups in total. The molecule has 4 rings (SSSR count). The molecule has 0 unspecified atom stereocenters. The monoisotopic (exact) mass is 404 g/mol. The van der Waals surface area contributed by atoms with Crippen molar-refractivity contribution in [3.8, 4) is 5.75 Å². The molecule has 0 atom stereocenters. The van der Waals surface area contributed by atoms with E-state index < -0.39 is 5.91 Å². The van der Waals surface area contributed by atoms with Crippen LogP contribution < -0.4 is 15.5 Å². The van der Waals surface area contributed by atoms with Crippen LogP contribution >= 0.6 is 11.3 Å². The summed E-state index contributed by atoms with van der Waals surface area (Å²) in [6.45, 7) is 1.18. The van der Waals surface area contributed by atoms with Gasteiger partial charge in [0, 0.05) is 23.0 Å². The van der Waals surface area contributed by atoms with Crippen LogP contribution in [0.15, 0.2) is 78.9 Å². The molecule has 0 fully saturated rings. The molecule has 1 aromatic heterocycles. The first-order valence-corrected chi connectivity index (χ1v) is 10.0. The third-order valence-corrected chi connectivity index (χ3v) is 5.60. The smallest absolute Gasteiger partial charge is 0.284 e. The number of hydroxylamine groups is 1. The molecule has 1 amide bonds. The molecule has 6 heteroatoms. The largest absolute Gasteiger partial charge is 0.489 e. The second-order valence-electron chi connectivity index (χ2n) is 6.58.